The van der Waals surface area contributed by atoms with E-state index in [1.54, 1.807) is 0 Å². The Bertz CT molecular complexity index is 1270. The van der Waals surface area contributed by atoms with E-state index in [0.717, 1.165) is 31.4 Å². The molecule has 1 saturated heterocycles. The van der Waals surface area contributed by atoms with Gasteiger partial charge in [0.05, 0.1) is 15.8 Å². The second-order valence-corrected chi connectivity index (χ2v) is 11.2. The summed E-state index contributed by atoms with van der Waals surface area (Å²) >= 11 is 0. The van der Waals surface area contributed by atoms with Gasteiger partial charge < -0.3 is 14.8 Å². The van der Waals surface area contributed by atoms with Crippen molar-refractivity contribution in [2.75, 3.05) is 11.6 Å². The maximum absolute atomic E-state index is 14.7. The van der Waals surface area contributed by atoms with Gasteiger partial charge in [0.25, 0.3) is 5.91 Å². The summed E-state index contributed by atoms with van der Waals surface area (Å²) in [6.45, 7) is 5.07. The van der Waals surface area contributed by atoms with Crippen molar-refractivity contribution in [3.8, 4) is 5.75 Å². The molecule has 2 N–H and O–H groups in total. The average Bonchev–Trinajstić information content (AvgIpc) is 3.03. The molecular formula is C23H26F5N3O4S. The Morgan fingerprint density at radius 3 is 2.47 bits per heavy atom. The number of amides is 1. The molecule has 2 aromatic rings. The number of nitrogens with zero attached hydrogens (tertiary/aromatic N) is 1. The van der Waals surface area contributed by atoms with Crippen LogP contribution in [0.4, 0.5) is 27.6 Å². The third-order valence-corrected chi connectivity index (χ3v) is 7.14. The molecule has 0 bridgehead atoms. The van der Waals surface area contributed by atoms with E-state index in [0.29, 0.717) is 0 Å². The summed E-state index contributed by atoms with van der Waals surface area (Å²) in [7, 11) is -3.24. The maximum atomic E-state index is 14.7. The molecule has 1 aliphatic rings. The lowest BCUT2D eigenvalue weighted by Gasteiger charge is -2.32. The minimum atomic E-state index is -4.90. The van der Waals surface area contributed by atoms with Crippen molar-refractivity contribution in [3.63, 3.8) is 0 Å². The van der Waals surface area contributed by atoms with Crippen LogP contribution in [-0.2, 0) is 19.3 Å². The SMILES string of the molecule is CC(C)Oc1c([C@@H]2[C@@H](C(=O)Nc3ccnc(S(C)(=N)=O)c3)O[C@](C)(C(F)(F)F)[C@@H]2C)ccc(F)c1F. The van der Waals surface area contributed by atoms with Gasteiger partial charge in [0.15, 0.2) is 17.2 Å². The number of carbonyl (C=O) groups is 1. The Morgan fingerprint density at radius 2 is 1.92 bits per heavy atom. The monoisotopic (exact) mass is 535 g/mol. The molecule has 3 rings (SSSR count). The van der Waals surface area contributed by atoms with Crippen LogP contribution in [0, 0.1) is 22.3 Å². The highest BCUT2D eigenvalue weighted by atomic mass is 32.2. The Labute approximate surface area is 205 Å². The van der Waals surface area contributed by atoms with Gasteiger partial charge in [-0.15, -0.1) is 0 Å². The summed E-state index contributed by atoms with van der Waals surface area (Å²) in [5, 5.41) is 2.26. The van der Waals surface area contributed by atoms with E-state index in [1.807, 2.05) is 0 Å². The molecule has 2 heterocycles. The number of carbonyl (C=O) groups excluding carboxylic acids is 1. The molecule has 1 amide bonds. The van der Waals surface area contributed by atoms with Crippen LogP contribution < -0.4 is 10.1 Å². The molecule has 198 valence electrons. The maximum Gasteiger partial charge on any atom is 0.417 e. The van der Waals surface area contributed by atoms with Crippen LogP contribution >= 0.6 is 0 Å². The number of rotatable bonds is 6. The van der Waals surface area contributed by atoms with Crippen LogP contribution in [0.25, 0.3) is 0 Å². The number of ether oxygens (including phenoxy) is 2. The summed E-state index contributed by atoms with van der Waals surface area (Å²) in [5.74, 6) is -7.05. The van der Waals surface area contributed by atoms with E-state index >= 15 is 0 Å². The van der Waals surface area contributed by atoms with E-state index in [9.17, 15) is 31.0 Å². The molecule has 5 atom stereocenters. The zero-order valence-corrected chi connectivity index (χ0v) is 20.9. The zero-order chi connectivity index (χ0) is 27.2. The van der Waals surface area contributed by atoms with Gasteiger partial charge in [-0.2, -0.15) is 17.6 Å². The molecule has 1 aromatic carbocycles. The largest absolute Gasteiger partial charge is 0.488 e. The van der Waals surface area contributed by atoms with Crippen LogP contribution in [0.3, 0.4) is 0 Å². The van der Waals surface area contributed by atoms with Gasteiger partial charge in [-0.1, -0.05) is 13.0 Å². The average molecular weight is 536 g/mol. The fourth-order valence-corrected chi connectivity index (χ4v) is 4.72. The van der Waals surface area contributed by atoms with Gasteiger partial charge in [0.1, 0.15) is 11.1 Å². The topological polar surface area (TPSA) is 101 Å². The van der Waals surface area contributed by atoms with E-state index in [4.69, 9.17) is 14.3 Å². The summed E-state index contributed by atoms with van der Waals surface area (Å²) in [5.41, 5.74) is -2.94. The highest BCUT2D eigenvalue weighted by Crippen LogP contribution is 2.55. The van der Waals surface area contributed by atoms with Crippen molar-refractivity contribution in [2.24, 2.45) is 5.92 Å². The second-order valence-electron chi connectivity index (χ2n) is 9.12. The lowest BCUT2D eigenvalue weighted by Crippen LogP contribution is -2.47. The Balaban J connectivity index is 2.11. The molecule has 0 saturated carbocycles. The highest BCUT2D eigenvalue weighted by molar-refractivity contribution is 7.91. The van der Waals surface area contributed by atoms with Crippen molar-refractivity contribution < 1.29 is 40.4 Å². The second kappa shape index (κ2) is 9.58. The van der Waals surface area contributed by atoms with E-state index in [1.165, 1.54) is 33.0 Å². The number of anilines is 1. The lowest BCUT2D eigenvalue weighted by molar-refractivity contribution is -0.272. The minimum absolute atomic E-state index is 0.0198. The Hall–Kier alpha value is -2.80. The number of halogens is 5. The van der Waals surface area contributed by atoms with Gasteiger partial charge in [-0.3, -0.25) is 4.79 Å². The van der Waals surface area contributed by atoms with Crippen molar-refractivity contribution in [1.29, 1.82) is 4.78 Å². The Morgan fingerprint density at radius 1 is 1.28 bits per heavy atom. The molecule has 1 aromatic heterocycles. The van der Waals surface area contributed by atoms with Crippen molar-refractivity contribution in [1.82, 2.24) is 4.98 Å². The molecule has 1 unspecified atom stereocenters. The van der Waals surface area contributed by atoms with Gasteiger partial charge in [-0.25, -0.2) is 18.4 Å². The fourth-order valence-electron chi connectivity index (χ4n) is 4.10. The highest BCUT2D eigenvalue weighted by Gasteiger charge is 2.66. The van der Waals surface area contributed by atoms with Gasteiger partial charge in [0.2, 0.25) is 5.82 Å². The van der Waals surface area contributed by atoms with Crippen LogP contribution in [0.1, 0.15) is 39.2 Å². The third kappa shape index (κ3) is 5.17. The fraction of sp³-hybridized carbons (Fsp3) is 0.478. The standard InChI is InChI=1S/C23H26F5N3O4S/c1-11(2)34-19-14(6-7-15(24)18(19)25)17-12(3)22(4,23(26,27)28)35-20(17)21(32)31-13-8-9-30-16(10-13)36(5,29)33/h6-12,17,20,29H,1-5H3,(H,30,31,32)/t12-,17-,20+,22+,36?/m1/s1. The van der Waals surface area contributed by atoms with Crippen molar-refractivity contribution in [2.45, 2.75) is 62.6 Å². The van der Waals surface area contributed by atoms with Gasteiger partial charge in [-0.05, 0) is 39.0 Å². The quantitative estimate of drug-likeness (QED) is 0.492. The normalized spacial score (nSPS) is 26.0. The molecule has 0 radical (unpaired) electrons. The smallest absolute Gasteiger partial charge is 0.417 e. The number of alkyl halides is 3. The van der Waals surface area contributed by atoms with Crippen LogP contribution in [-0.4, -0.2) is 45.3 Å². The zero-order valence-electron chi connectivity index (χ0n) is 20.1. The summed E-state index contributed by atoms with van der Waals surface area (Å²) in [6.07, 6.45) is -5.04. The van der Waals surface area contributed by atoms with Crippen LogP contribution in [0.5, 0.6) is 5.75 Å². The number of nitrogens with one attached hydrogen (secondary N) is 2. The van der Waals surface area contributed by atoms with Crippen molar-refractivity contribution >= 4 is 21.3 Å². The first-order valence-corrected chi connectivity index (χ1v) is 12.8. The van der Waals surface area contributed by atoms with Gasteiger partial charge in [0, 0.05) is 35.5 Å². The van der Waals surface area contributed by atoms with Gasteiger partial charge >= 0.3 is 6.18 Å². The molecule has 1 fully saturated rings. The first kappa shape index (κ1) is 27.8. The lowest BCUT2D eigenvalue weighted by atomic mass is 9.77. The molecule has 0 aliphatic carbocycles. The molecule has 1 aliphatic heterocycles. The summed E-state index contributed by atoms with van der Waals surface area (Å²) < 4.78 is 101. The van der Waals surface area contributed by atoms with Crippen LogP contribution in [0.2, 0.25) is 0 Å². The van der Waals surface area contributed by atoms with E-state index in [-0.39, 0.29) is 16.3 Å². The molecule has 36 heavy (non-hydrogen) atoms. The number of hydrogen-bond acceptors (Lipinski definition) is 6. The van der Waals surface area contributed by atoms with Crippen LogP contribution in [0.15, 0.2) is 35.5 Å². The minimum Gasteiger partial charge on any atom is -0.488 e. The number of hydrogen-bond donors (Lipinski definition) is 2. The predicted octanol–water partition coefficient (Wildman–Crippen LogP) is 5.26. The first-order valence-electron chi connectivity index (χ1n) is 10.9. The summed E-state index contributed by atoms with van der Waals surface area (Å²) in [6, 6.07) is 4.30. The number of benzene rings is 1. The molecule has 0 spiro atoms. The molecular weight excluding hydrogens is 509 g/mol. The predicted molar refractivity (Wildman–Crippen MR) is 121 cm³/mol. The number of pyridine rings is 1. The first-order chi connectivity index (χ1) is 16.5. The Kier molecular flexibility index (Phi) is 7.39. The summed E-state index contributed by atoms with van der Waals surface area (Å²) in [4.78, 5) is 17.1. The third-order valence-electron chi connectivity index (χ3n) is 6.12. The van der Waals surface area contributed by atoms with E-state index in [2.05, 4.69) is 10.3 Å². The van der Waals surface area contributed by atoms with E-state index < -0.39 is 68.8 Å². The van der Waals surface area contributed by atoms with Crippen molar-refractivity contribution in [3.05, 3.63) is 47.7 Å². The molecule has 7 nitrogen and oxygen atoms in total. The number of aromatic nitrogens is 1. The molecule has 13 heteroatoms.